The van der Waals surface area contributed by atoms with Crippen molar-refractivity contribution in [1.82, 2.24) is 4.90 Å². The van der Waals surface area contributed by atoms with E-state index < -0.39 is 0 Å². The zero-order chi connectivity index (χ0) is 11.6. The Morgan fingerprint density at radius 1 is 1.31 bits per heavy atom. The summed E-state index contributed by atoms with van der Waals surface area (Å²) in [5, 5.41) is 0. The Morgan fingerprint density at radius 3 is 2.56 bits per heavy atom. The summed E-state index contributed by atoms with van der Waals surface area (Å²) in [7, 11) is 0. The molecule has 0 aromatic rings. The van der Waals surface area contributed by atoms with Crippen LogP contribution in [0.15, 0.2) is 0 Å². The normalized spacial score (nSPS) is 24.8. The first-order valence-electron chi connectivity index (χ1n) is 6.69. The highest BCUT2D eigenvalue weighted by atomic mass is 16.5. The number of ether oxygens (including phenoxy) is 1. The highest BCUT2D eigenvalue weighted by Gasteiger charge is 2.49. The zero-order valence-corrected chi connectivity index (χ0v) is 10.7. The molecule has 1 heterocycles. The van der Waals surface area contributed by atoms with E-state index in [0.717, 1.165) is 44.7 Å². The van der Waals surface area contributed by atoms with Gasteiger partial charge in [-0.1, -0.05) is 13.8 Å². The summed E-state index contributed by atoms with van der Waals surface area (Å²) in [5.74, 6) is 1.57. The Kier molecular flexibility index (Phi) is 3.88. The number of likely N-dealkylation sites (tertiary alicyclic amines) is 1. The van der Waals surface area contributed by atoms with Crippen LogP contribution in [0.3, 0.4) is 0 Å². The molecule has 0 radical (unpaired) electrons. The third-order valence-electron chi connectivity index (χ3n) is 3.82. The summed E-state index contributed by atoms with van der Waals surface area (Å²) in [6.45, 7) is 9.48. The van der Waals surface area contributed by atoms with Crippen molar-refractivity contribution in [1.29, 1.82) is 0 Å². The first-order valence-corrected chi connectivity index (χ1v) is 6.69. The Hall–Kier alpha value is -0.120. The SMILES string of the molecule is CC(C)CCOCCN1CC(N)(C2CC2)C1. The van der Waals surface area contributed by atoms with Crippen molar-refractivity contribution in [3.63, 3.8) is 0 Å². The van der Waals surface area contributed by atoms with Gasteiger partial charge in [0.05, 0.1) is 6.61 Å². The lowest BCUT2D eigenvalue weighted by molar-refractivity contribution is 0.0203. The van der Waals surface area contributed by atoms with Crippen molar-refractivity contribution in [2.24, 2.45) is 17.6 Å². The van der Waals surface area contributed by atoms with Gasteiger partial charge < -0.3 is 10.5 Å². The Morgan fingerprint density at radius 2 is 2.00 bits per heavy atom. The van der Waals surface area contributed by atoms with E-state index in [1.165, 1.54) is 19.3 Å². The summed E-state index contributed by atoms with van der Waals surface area (Å²) < 4.78 is 5.61. The lowest BCUT2D eigenvalue weighted by Crippen LogP contribution is -2.68. The predicted octanol–water partition coefficient (Wildman–Crippen LogP) is 1.47. The Bertz CT molecular complexity index is 220. The lowest BCUT2D eigenvalue weighted by atomic mass is 9.86. The van der Waals surface area contributed by atoms with Crippen molar-refractivity contribution < 1.29 is 4.74 Å². The third-order valence-corrected chi connectivity index (χ3v) is 3.82. The van der Waals surface area contributed by atoms with Gasteiger partial charge in [-0.05, 0) is 31.1 Å². The van der Waals surface area contributed by atoms with Gasteiger partial charge in [0.2, 0.25) is 0 Å². The van der Waals surface area contributed by atoms with Gasteiger partial charge in [-0.15, -0.1) is 0 Å². The minimum atomic E-state index is 0.165. The Balaban J connectivity index is 1.47. The smallest absolute Gasteiger partial charge is 0.0593 e. The van der Waals surface area contributed by atoms with Crippen molar-refractivity contribution in [3.8, 4) is 0 Å². The van der Waals surface area contributed by atoms with Crippen molar-refractivity contribution in [3.05, 3.63) is 0 Å². The van der Waals surface area contributed by atoms with Crippen LogP contribution < -0.4 is 5.73 Å². The van der Waals surface area contributed by atoms with E-state index in [1.54, 1.807) is 0 Å². The molecule has 0 bridgehead atoms. The van der Waals surface area contributed by atoms with E-state index in [-0.39, 0.29) is 5.54 Å². The van der Waals surface area contributed by atoms with Crippen LogP contribution in [0.2, 0.25) is 0 Å². The maximum atomic E-state index is 6.29. The second-order valence-corrected chi connectivity index (χ2v) is 6.01. The molecule has 0 unspecified atom stereocenters. The van der Waals surface area contributed by atoms with Gasteiger partial charge in [0, 0.05) is 31.8 Å². The first kappa shape index (κ1) is 12.3. The van der Waals surface area contributed by atoms with E-state index in [0.29, 0.717) is 0 Å². The molecule has 94 valence electrons. The number of nitrogens with zero attached hydrogens (tertiary/aromatic N) is 1. The molecule has 0 aromatic carbocycles. The second kappa shape index (κ2) is 5.03. The fourth-order valence-corrected chi connectivity index (χ4v) is 2.48. The number of hydrogen-bond donors (Lipinski definition) is 1. The summed E-state index contributed by atoms with van der Waals surface area (Å²) in [6, 6.07) is 0. The van der Waals surface area contributed by atoms with E-state index >= 15 is 0 Å². The lowest BCUT2D eigenvalue weighted by Gasteiger charge is -2.48. The number of rotatable bonds is 7. The largest absolute Gasteiger partial charge is 0.380 e. The molecule has 1 aliphatic heterocycles. The summed E-state index contributed by atoms with van der Waals surface area (Å²) in [4.78, 5) is 2.42. The predicted molar refractivity (Wildman–Crippen MR) is 66.4 cm³/mol. The monoisotopic (exact) mass is 226 g/mol. The maximum Gasteiger partial charge on any atom is 0.0593 e. The molecule has 0 atom stereocenters. The molecule has 0 spiro atoms. The molecule has 1 saturated heterocycles. The van der Waals surface area contributed by atoms with Gasteiger partial charge in [0.25, 0.3) is 0 Å². The molecule has 3 heteroatoms. The molecule has 3 nitrogen and oxygen atoms in total. The van der Waals surface area contributed by atoms with Crippen LogP contribution in [0.25, 0.3) is 0 Å². The van der Waals surface area contributed by atoms with Crippen molar-refractivity contribution in [2.75, 3.05) is 32.8 Å². The van der Waals surface area contributed by atoms with E-state index in [1.807, 2.05) is 0 Å². The molecule has 2 aliphatic rings. The van der Waals surface area contributed by atoms with Crippen LogP contribution >= 0.6 is 0 Å². The molecule has 2 rings (SSSR count). The van der Waals surface area contributed by atoms with Crippen LogP contribution in [0, 0.1) is 11.8 Å². The molecule has 0 amide bonds. The summed E-state index contributed by atoms with van der Waals surface area (Å²) in [5.41, 5.74) is 6.45. The zero-order valence-electron chi connectivity index (χ0n) is 10.7. The third kappa shape index (κ3) is 3.19. The highest BCUT2D eigenvalue weighted by Crippen LogP contribution is 2.42. The van der Waals surface area contributed by atoms with Crippen molar-refractivity contribution >= 4 is 0 Å². The molecule has 0 aromatic heterocycles. The van der Waals surface area contributed by atoms with Crippen LogP contribution in [0.5, 0.6) is 0 Å². The molecular formula is C13H26N2O. The van der Waals surface area contributed by atoms with Crippen LogP contribution in [-0.4, -0.2) is 43.3 Å². The minimum Gasteiger partial charge on any atom is -0.380 e. The fourth-order valence-electron chi connectivity index (χ4n) is 2.48. The number of hydrogen-bond acceptors (Lipinski definition) is 3. The average molecular weight is 226 g/mol. The number of nitrogens with two attached hydrogens (primary N) is 1. The quantitative estimate of drug-likeness (QED) is 0.668. The molecule has 1 saturated carbocycles. The average Bonchev–Trinajstić information content (AvgIpc) is 2.96. The fraction of sp³-hybridized carbons (Fsp3) is 1.00. The Labute approximate surface area is 99.3 Å². The highest BCUT2D eigenvalue weighted by molar-refractivity contribution is 5.08. The second-order valence-electron chi connectivity index (χ2n) is 6.01. The first-order chi connectivity index (χ1) is 7.60. The summed E-state index contributed by atoms with van der Waals surface area (Å²) >= 11 is 0. The molecular weight excluding hydrogens is 200 g/mol. The van der Waals surface area contributed by atoms with Crippen LogP contribution in [0.1, 0.15) is 33.1 Å². The van der Waals surface area contributed by atoms with E-state index in [2.05, 4.69) is 18.7 Å². The van der Waals surface area contributed by atoms with E-state index in [4.69, 9.17) is 10.5 Å². The molecule has 16 heavy (non-hydrogen) atoms. The summed E-state index contributed by atoms with van der Waals surface area (Å²) in [6.07, 6.45) is 3.88. The minimum absolute atomic E-state index is 0.165. The van der Waals surface area contributed by atoms with Crippen LogP contribution in [0.4, 0.5) is 0 Å². The van der Waals surface area contributed by atoms with Gasteiger partial charge in [-0.3, -0.25) is 4.90 Å². The van der Waals surface area contributed by atoms with E-state index in [9.17, 15) is 0 Å². The standard InChI is InChI=1S/C13H26N2O/c1-11(2)5-7-16-8-6-15-9-13(14,10-15)12-3-4-12/h11-12H,3-10,14H2,1-2H3. The molecule has 1 aliphatic carbocycles. The molecule has 2 N–H and O–H groups in total. The van der Waals surface area contributed by atoms with Gasteiger partial charge in [-0.2, -0.15) is 0 Å². The topological polar surface area (TPSA) is 38.5 Å². The van der Waals surface area contributed by atoms with Crippen molar-refractivity contribution in [2.45, 2.75) is 38.6 Å². The van der Waals surface area contributed by atoms with Gasteiger partial charge in [0.15, 0.2) is 0 Å². The maximum absolute atomic E-state index is 6.29. The molecule has 2 fully saturated rings. The van der Waals surface area contributed by atoms with Crippen LogP contribution in [-0.2, 0) is 4.74 Å². The van der Waals surface area contributed by atoms with Gasteiger partial charge in [-0.25, -0.2) is 0 Å². The van der Waals surface area contributed by atoms with Gasteiger partial charge >= 0.3 is 0 Å². The van der Waals surface area contributed by atoms with Gasteiger partial charge in [0.1, 0.15) is 0 Å².